The number of aromatic carboxylic acids is 1. The molecule has 0 fully saturated rings. The smallest absolute Gasteiger partial charge is 0.335 e. The van der Waals surface area contributed by atoms with Crippen molar-refractivity contribution < 1.29 is 9.90 Å². The quantitative estimate of drug-likeness (QED) is 0.596. The van der Waals surface area contributed by atoms with Gasteiger partial charge in [0.05, 0.1) is 11.3 Å². The third kappa shape index (κ3) is 2.75. The summed E-state index contributed by atoms with van der Waals surface area (Å²) in [4.78, 5) is 11.2. The van der Waals surface area contributed by atoms with Crippen LogP contribution in [0.5, 0.6) is 0 Å². The van der Waals surface area contributed by atoms with Crippen molar-refractivity contribution in [1.29, 1.82) is 0 Å². The number of hydrogen-bond donors (Lipinski definition) is 1. The average molecular weight is 362 g/mol. The maximum Gasteiger partial charge on any atom is 0.335 e. The molecular formula is C19H18N6O2. The van der Waals surface area contributed by atoms with Gasteiger partial charge < -0.3 is 5.11 Å². The van der Waals surface area contributed by atoms with Crippen LogP contribution in [0, 0.1) is 20.8 Å². The molecule has 8 heteroatoms. The summed E-state index contributed by atoms with van der Waals surface area (Å²) in [5.41, 5.74) is 5.08. The highest BCUT2D eigenvalue weighted by atomic mass is 16.4. The highest BCUT2D eigenvalue weighted by molar-refractivity contribution is 5.89. The molecule has 0 amide bonds. The summed E-state index contributed by atoms with van der Waals surface area (Å²) >= 11 is 0. The fraction of sp³-hybridized carbons (Fsp3) is 0.211. The van der Waals surface area contributed by atoms with Gasteiger partial charge in [0.25, 0.3) is 0 Å². The van der Waals surface area contributed by atoms with Gasteiger partial charge in [-0.3, -0.25) is 4.68 Å². The Bertz CT molecular complexity index is 1230. The van der Waals surface area contributed by atoms with E-state index in [4.69, 9.17) is 0 Å². The number of nitrogens with zero attached hydrogens (tertiary/aromatic N) is 6. The predicted molar refractivity (Wildman–Crippen MR) is 99.4 cm³/mol. The predicted octanol–water partition coefficient (Wildman–Crippen LogP) is 1.70. The summed E-state index contributed by atoms with van der Waals surface area (Å²) in [5, 5.41) is 27.6. The molecule has 0 bridgehead atoms. The van der Waals surface area contributed by atoms with E-state index in [1.54, 1.807) is 28.3 Å². The van der Waals surface area contributed by atoms with Gasteiger partial charge in [0.1, 0.15) is 5.69 Å². The van der Waals surface area contributed by atoms with Crippen molar-refractivity contribution >= 4 is 17.7 Å². The normalized spacial score (nSPS) is 12.2. The molecule has 4 rings (SSSR count). The van der Waals surface area contributed by atoms with Gasteiger partial charge in [-0.25, -0.2) is 4.79 Å². The maximum absolute atomic E-state index is 11.2. The Morgan fingerprint density at radius 1 is 1.11 bits per heavy atom. The Morgan fingerprint density at radius 3 is 2.52 bits per heavy atom. The lowest BCUT2D eigenvalue weighted by atomic mass is 10.0. The minimum Gasteiger partial charge on any atom is -0.478 e. The second-order valence-corrected chi connectivity index (χ2v) is 6.58. The first-order valence-corrected chi connectivity index (χ1v) is 8.43. The van der Waals surface area contributed by atoms with Gasteiger partial charge in [0, 0.05) is 18.0 Å². The summed E-state index contributed by atoms with van der Waals surface area (Å²) in [6.45, 7) is 5.66. The van der Waals surface area contributed by atoms with Crippen LogP contribution in [0.25, 0.3) is 23.2 Å². The molecule has 1 N–H and O–H groups in total. The second-order valence-electron chi connectivity index (χ2n) is 6.58. The van der Waals surface area contributed by atoms with Gasteiger partial charge in [0.2, 0.25) is 5.82 Å². The van der Waals surface area contributed by atoms with Crippen LogP contribution in [0.1, 0.15) is 32.9 Å². The van der Waals surface area contributed by atoms with Crippen LogP contribution in [0.15, 0.2) is 24.3 Å². The zero-order valence-electron chi connectivity index (χ0n) is 15.4. The highest BCUT2D eigenvalue weighted by Crippen LogP contribution is 2.17. The molecule has 4 aromatic rings. The molecule has 0 radical (unpaired) electrons. The zero-order valence-corrected chi connectivity index (χ0v) is 15.4. The van der Waals surface area contributed by atoms with Crippen molar-refractivity contribution in [2.24, 2.45) is 7.05 Å². The molecule has 0 aliphatic carbocycles. The van der Waals surface area contributed by atoms with E-state index in [1.165, 1.54) is 0 Å². The maximum atomic E-state index is 11.2. The number of fused-ring (bicyclic) bond motifs is 1. The van der Waals surface area contributed by atoms with Crippen LogP contribution in [0.4, 0.5) is 0 Å². The van der Waals surface area contributed by atoms with Crippen LogP contribution >= 0.6 is 0 Å². The first-order valence-electron chi connectivity index (χ1n) is 8.43. The SMILES string of the molecule is Cc1cc(/C=c2/c(C)nn3c(-c4cc(C)n(C)n4)nnc23)ccc1C(=O)O. The van der Waals surface area contributed by atoms with Crippen molar-refractivity contribution in [1.82, 2.24) is 29.6 Å². The lowest BCUT2D eigenvalue weighted by Crippen LogP contribution is -2.04. The topological polar surface area (TPSA) is 98.2 Å². The fourth-order valence-corrected chi connectivity index (χ4v) is 3.09. The third-order valence-corrected chi connectivity index (χ3v) is 4.66. The number of carboxylic acid groups (broad SMARTS) is 1. The van der Waals surface area contributed by atoms with E-state index in [1.807, 2.05) is 39.1 Å². The van der Waals surface area contributed by atoms with Crippen molar-refractivity contribution in [3.8, 4) is 11.5 Å². The van der Waals surface area contributed by atoms with Gasteiger partial charge >= 0.3 is 5.97 Å². The number of carbonyl (C=O) groups is 1. The van der Waals surface area contributed by atoms with E-state index in [2.05, 4.69) is 20.4 Å². The summed E-state index contributed by atoms with van der Waals surface area (Å²) in [6, 6.07) is 7.17. The Labute approximate surface area is 154 Å². The van der Waals surface area contributed by atoms with Gasteiger partial charge in [-0.15, -0.1) is 10.2 Å². The molecular weight excluding hydrogens is 344 g/mol. The third-order valence-electron chi connectivity index (χ3n) is 4.66. The van der Waals surface area contributed by atoms with Gasteiger partial charge in [-0.2, -0.15) is 14.7 Å². The summed E-state index contributed by atoms with van der Waals surface area (Å²) in [6.07, 6.45) is 1.94. The molecule has 3 aromatic heterocycles. The van der Waals surface area contributed by atoms with Crippen LogP contribution in [0.3, 0.4) is 0 Å². The summed E-state index contributed by atoms with van der Waals surface area (Å²) in [5.74, 6) is -0.339. The largest absolute Gasteiger partial charge is 0.478 e. The number of carboxylic acids is 1. The van der Waals surface area contributed by atoms with E-state index in [9.17, 15) is 9.90 Å². The molecule has 0 unspecified atom stereocenters. The molecule has 0 atom stereocenters. The zero-order chi connectivity index (χ0) is 19.3. The second kappa shape index (κ2) is 6.01. The molecule has 0 aliphatic rings. The van der Waals surface area contributed by atoms with Crippen LogP contribution in [0.2, 0.25) is 0 Å². The summed E-state index contributed by atoms with van der Waals surface area (Å²) < 4.78 is 3.48. The number of benzene rings is 1. The number of aryl methyl sites for hydroxylation is 4. The minimum absolute atomic E-state index is 0.296. The Kier molecular flexibility index (Phi) is 3.76. The molecule has 8 nitrogen and oxygen atoms in total. The first kappa shape index (κ1) is 16.9. The molecule has 0 spiro atoms. The lowest BCUT2D eigenvalue weighted by Gasteiger charge is -2.01. The van der Waals surface area contributed by atoms with Gasteiger partial charge in [-0.05, 0) is 50.1 Å². The highest BCUT2D eigenvalue weighted by Gasteiger charge is 2.16. The van der Waals surface area contributed by atoms with E-state index < -0.39 is 5.97 Å². The molecule has 0 saturated carbocycles. The van der Waals surface area contributed by atoms with Crippen molar-refractivity contribution in [2.45, 2.75) is 20.8 Å². The number of aromatic nitrogens is 6. The van der Waals surface area contributed by atoms with Crippen molar-refractivity contribution in [3.05, 3.63) is 57.6 Å². The minimum atomic E-state index is -0.930. The lowest BCUT2D eigenvalue weighted by molar-refractivity contribution is 0.0696. The van der Waals surface area contributed by atoms with Gasteiger partial charge in [0.15, 0.2) is 5.65 Å². The average Bonchev–Trinajstić information content (AvgIpc) is 3.24. The molecule has 1 aromatic carbocycles. The van der Waals surface area contributed by atoms with Crippen LogP contribution in [-0.2, 0) is 7.05 Å². The van der Waals surface area contributed by atoms with Gasteiger partial charge in [-0.1, -0.05) is 12.1 Å². The van der Waals surface area contributed by atoms with E-state index >= 15 is 0 Å². The molecule has 136 valence electrons. The molecule has 3 heterocycles. The Morgan fingerprint density at radius 2 is 1.89 bits per heavy atom. The van der Waals surface area contributed by atoms with E-state index in [0.29, 0.717) is 28.3 Å². The number of hydrogen-bond acceptors (Lipinski definition) is 5. The standard InChI is InChI=1S/C19H18N6O2/c1-10-7-13(5-6-14(10)19(26)27)9-15-12(3)22-25-17(15)20-21-18(25)16-8-11(2)24(4)23-16/h5-9H,1-4H3,(H,26,27)/b15-9-. The van der Waals surface area contributed by atoms with Crippen LogP contribution < -0.4 is 5.22 Å². The van der Waals surface area contributed by atoms with E-state index in [0.717, 1.165) is 22.2 Å². The Hall–Kier alpha value is -3.55. The molecule has 27 heavy (non-hydrogen) atoms. The first-order chi connectivity index (χ1) is 12.8. The molecule has 0 aliphatic heterocycles. The fourth-order valence-electron chi connectivity index (χ4n) is 3.09. The van der Waals surface area contributed by atoms with E-state index in [-0.39, 0.29) is 0 Å². The summed E-state index contributed by atoms with van der Waals surface area (Å²) in [7, 11) is 1.88. The molecule has 0 saturated heterocycles. The van der Waals surface area contributed by atoms with Crippen molar-refractivity contribution in [2.75, 3.05) is 0 Å². The monoisotopic (exact) mass is 362 g/mol. The number of rotatable bonds is 3. The van der Waals surface area contributed by atoms with Crippen LogP contribution in [-0.4, -0.2) is 40.7 Å². The van der Waals surface area contributed by atoms with Crippen molar-refractivity contribution in [3.63, 3.8) is 0 Å². The Balaban J connectivity index is 1.86.